The maximum Gasteiger partial charge on any atom is 0.260 e. The summed E-state index contributed by atoms with van der Waals surface area (Å²) < 4.78 is 0. The molecule has 0 aliphatic carbocycles. The fourth-order valence-electron chi connectivity index (χ4n) is 3.26. The first-order valence-electron chi connectivity index (χ1n) is 10.5. The van der Waals surface area contributed by atoms with Crippen LogP contribution in [0.4, 0.5) is 0 Å². The van der Waals surface area contributed by atoms with Crippen molar-refractivity contribution in [2.45, 2.75) is 31.8 Å². The lowest BCUT2D eigenvalue weighted by molar-refractivity contribution is -0.118. The number of carbonyl (C=O) groups excluding carboxylic acids is 1. The van der Waals surface area contributed by atoms with Gasteiger partial charge in [-0.05, 0) is 29.5 Å². The van der Waals surface area contributed by atoms with Crippen LogP contribution in [0.2, 0.25) is 0 Å². The van der Waals surface area contributed by atoms with E-state index in [2.05, 4.69) is 46.5 Å². The number of thioether (sulfide) groups is 1. The van der Waals surface area contributed by atoms with Gasteiger partial charge in [-0.2, -0.15) is 5.10 Å². The molecule has 0 saturated carbocycles. The largest absolute Gasteiger partial charge is 0.301 e. The summed E-state index contributed by atoms with van der Waals surface area (Å²) in [4.78, 5) is 32.9. The number of benzene rings is 2. The molecule has 2 N–H and O–H groups in total. The molecule has 168 valence electrons. The third kappa shape index (κ3) is 5.58. The number of fused-ring (bicyclic) bond motifs is 1. The average Bonchev–Trinajstić information content (AvgIpc) is 3.23. The highest BCUT2D eigenvalue weighted by molar-refractivity contribution is 7.99. The predicted molar refractivity (Wildman–Crippen MR) is 137 cm³/mol. The molecular formula is C25H24N4O2S2. The van der Waals surface area contributed by atoms with Crippen molar-refractivity contribution in [3.63, 3.8) is 0 Å². The van der Waals surface area contributed by atoms with Crippen LogP contribution in [0.15, 0.2) is 69.0 Å². The number of aryl methyl sites for hydroxylation is 1. The Balaban J connectivity index is 1.38. The predicted octanol–water partition coefficient (Wildman–Crippen LogP) is 5.33. The molecule has 4 rings (SSSR count). The van der Waals surface area contributed by atoms with Crippen molar-refractivity contribution < 1.29 is 4.79 Å². The molecule has 2 aromatic heterocycles. The summed E-state index contributed by atoms with van der Waals surface area (Å²) in [7, 11) is 0. The number of hydrazone groups is 1. The third-order valence-corrected chi connectivity index (χ3v) is 6.88. The molecule has 0 unspecified atom stereocenters. The first-order chi connectivity index (χ1) is 15.9. The van der Waals surface area contributed by atoms with Crippen LogP contribution in [0.1, 0.15) is 36.5 Å². The minimum absolute atomic E-state index is 0.0915. The van der Waals surface area contributed by atoms with Gasteiger partial charge >= 0.3 is 0 Å². The van der Waals surface area contributed by atoms with Crippen LogP contribution in [0, 0.1) is 6.92 Å². The molecule has 0 aliphatic rings. The summed E-state index contributed by atoms with van der Waals surface area (Å²) in [6, 6.07) is 16.1. The van der Waals surface area contributed by atoms with E-state index in [0.29, 0.717) is 21.3 Å². The first kappa shape index (κ1) is 22.9. The Bertz CT molecular complexity index is 1350. The fourth-order valence-corrected chi connectivity index (χ4v) is 4.91. The van der Waals surface area contributed by atoms with Gasteiger partial charge in [0, 0.05) is 10.9 Å². The lowest BCUT2D eigenvalue weighted by Crippen LogP contribution is -2.20. The van der Waals surface area contributed by atoms with Crippen molar-refractivity contribution in [3.8, 4) is 11.1 Å². The number of rotatable bonds is 7. The number of aromatic nitrogens is 2. The summed E-state index contributed by atoms with van der Waals surface area (Å²) in [5.74, 6) is 0.286. The van der Waals surface area contributed by atoms with Gasteiger partial charge in [0.15, 0.2) is 5.16 Å². The van der Waals surface area contributed by atoms with Crippen molar-refractivity contribution in [1.82, 2.24) is 15.4 Å². The van der Waals surface area contributed by atoms with Gasteiger partial charge in [-0.15, -0.1) is 11.3 Å². The number of hydrogen-bond donors (Lipinski definition) is 2. The minimum atomic E-state index is -0.274. The molecule has 8 heteroatoms. The zero-order valence-corrected chi connectivity index (χ0v) is 20.2. The lowest BCUT2D eigenvalue weighted by atomic mass is 10.0. The van der Waals surface area contributed by atoms with Crippen LogP contribution in [-0.4, -0.2) is 27.8 Å². The molecule has 1 amide bonds. The van der Waals surface area contributed by atoms with Crippen molar-refractivity contribution in [2.24, 2.45) is 5.10 Å². The number of nitrogens with zero attached hydrogens (tertiary/aromatic N) is 2. The first-order valence-corrected chi connectivity index (χ1v) is 12.4. The lowest BCUT2D eigenvalue weighted by Gasteiger charge is -2.04. The summed E-state index contributed by atoms with van der Waals surface area (Å²) in [6.07, 6.45) is 1.61. The highest BCUT2D eigenvalue weighted by Crippen LogP contribution is 2.31. The van der Waals surface area contributed by atoms with Crippen molar-refractivity contribution >= 4 is 45.4 Å². The molecule has 0 saturated heterocycles. The van der Waals surface area contributed by atoms with Crippen LogP contribution in [-0.2, 0) is 4.79 Å². The quantitative estimate of drug-likeness (QED) is 0.163. The van der Waals surface area contributed by atoms with Gasteiger partial charge in [-0.1, -0.05) is 79.7 Å². The van der Waals surface area contributed by atoms with Gasteiger partial charge < -0.3 is 4.98 Å². The molecule has 0 fully saturated rings. The highest BCUT2D eigenvalue weighted by atomic mass is 32.2. The monoisotopic (exact) mass is 476 g/mol. The SMILES string of the molecule is Cc1ccc(-c2csc3nc(SCC(=O)N/N=C/c4ccc(C(C)C)cc4)[nH]c(=O)c23)cc1. The Labute approximate surface area is 200 Å². The number of nitrogens with one attached hydrogen (secondary N) is 2. The molecule has 0 radical (unpaired) electrons. The highest BCUT2D eigenvalue weighted by Gasteiger charge is 2.14. The van der Waals surface area contributed by atoms with Crippen LogP contribution in [0.25, 0.3) is 21.3 Å². The minimum Gasteiger partial charge on any atom is -0.301 e. The van der Waals surface area contributed by atoms with Gasteiger partial charge in [0.05, 0.1) is 17.4 Å². The van der Waals surface area contributed by atoms with Crippen molar-refractivity contribution in [2.75, 3.05) is 5.75 Å². The van der Waals surface area contributed by atoms with Crippen molar-refractivity contribution in [1.29, 1.82) is 0 Å². The molecule has 4 aromatic rings. The number of thiophene rings is 1. The van der Waals surface area contributed by atoms with E-state index in [1.165, 1.54) is 28.7 Å². The molecule has 6 nitrogen and oxygen atoms in total. The molecule has 33 heavy (non-hydrogen) atoms. The summed E-state index contributed by atoms with van der Waals surface area (Å²) >= 11 is 2.59. The summed E-state index contributed by atoms with van der Waals surface area (Å²) in [5, 5.41) is 6.94. The summed E-state index contributed by atoms with van der Waals surface area (Å²) in [6.45, 7) is 6.31. The van der Waals surface area contributed by atoms with E-state index in [-0.39, 0.29) is 17.2 Å². The normalized spacial score (nSPS) is 11.5. The molecule has 0 bridgehead atoms. The van der Waals surface area contributed by atoms with Crippen LogP contribution in [0.5, 0.6) is 0 Å². The van der Waals surface area contributed by atoms with E-state index in [0.717, 1.165) is 22.3 Å². The van der Waals surface area contributed by atoms with E-state index < -0.39 is 0 Å². The van der Waals surface area contributed by atoms with Gasteiger partial charge in [-0.25, -0.2) is 10.4 Å². The standard InChI is InChI=1S/C25H24N4O2S2/c1-15(2)18-10-6-17(7-11-18)12-26-29-21(30)14-33-25-27-23(31)22-20(13-32-24(22)28-25)19-8-4-16(3)5-9-19/h4-13,15H,14H2,1-3H3,(H,29,30)(H,27,28,31)/b26-12+. The van der Waals surface area contributed by atoms with Crippen LogP contribution in [0.3, 0.4) is 0 Å². The molecule has 2 aromatic carbocycles. The number of carbonyl (C=O) groups is 1. The Morgan fingerprint density at radius 1 is 1.18 bits per heavy atom. The van der Waals surface area contributed by atoms with Crippen molar-refractivity contribution in [3.05, 3.63) is 81.0 Å². The molecule has 2 heterocycles. The van der Waals surface area contributed by atoms with E-state index in [9.17, 15) is 9.59 Å². The number of amides is 1. The Morgan fingerprint density at radius 3 is 2.61 bits per heavy atom. The zero-order valence-electron chi connectivity index (χ0n) is 18.6. The number of H-pyrrole nitrogens is 1. The van der Waals surface area contributed by atoms with E-state index in [1.54, 1.807) is 6.21 Å². The van der Waals surface area contributed by atoms with Gasteiger partial charge in [0.25, 0.3) is 11.5 Å². The molecule has 0 atom stereocenters. The number of aromatic amines is 1. The fraction of sp³-hybridized carbons (Fsp3) is 0.200. The van der Waals surface area contributed by atoms with Gasteiger partial charge in [0.1, 0.15) is 4.83 Å². The van der Waals surface area contributed by atoms with Crippen LogP contribution >= 0.6 is 23.1 Å². The summed E-state index contributed by atoms with van der Waals surface area (Å²) in [5.41, 5.74) is 7.48. The van der Waals surface area contributed by atoms with E-state index in [1.807, 2.05) is 48.7 Å². The molecule has 0 spiro atoms. The van der Waals surface area contributed by atoms with Crippen LogP contribution < -0.4 is 11.0 Å². The Kier molecular flexibility index (Phi) is 7.05. The third-order valence-electron chi connectivity index (χ3n) is 5.13. The zero-order chi connectivity index (χ0) is 23.4. The van der Waals surface area contributed by atoms with Gasteiger partial charge in [0.2, 0.25) is 0 Å². The maximum absolute atomic E-state index is 12.7. The van der Waals surface area contributed by atoms with E-state index >= 15 is 0 Å². The van der Waals surface area contributed by atoms with Gasteiger partial charge in [-0.3, -0.25) is 9.59 Å². The molecular weight excluding hydrogens is 452 g/mol. The Hall–Kier alpha value is -3.23. The second kappa shape index (κ2) is 10.1. The smallest absolute Gasteiger partial charge is 0.260 e. The molecule has 0 aliphatic heterocycles. The average molecular weight is 477 g/mol. The second-order valence-electron chi connectivity index (χ2n) is 7.97. The topological polar surface area (TPSA) is 87.2 Å². The number of hydrogen-bond acceptors (Lipinski definition) is 6. The Morgan fingerprint density at radius 2 is 1.91 bits per heavy atom. The van der Waals surface area contributed by atoms with E-state index in [4.69, 9.17) is 0 Å². The second-order valence-corrected chi connectivity index (χ2v) is 9.79. The maximum atomic E-state index is 12.7.